The number of phosphoric acid groups is 1. The van der Waals surface area contributed by atoms with Gasteiger partial charge < -0.3 is 21.1 Å². The molecule has 47 heavy (non-hydrogen) atoms. The van der Waals surface area contributed by atoms with E-state index in [4.69, 9.17) is 14.8 Å². The molecule has 0 fully saturated rings. The van der Waals surface area contributed by atoms with Crippen molar-refractivity contribution in [2.24, 2.45) is 5.73 Å². The Morgan fingerprint density at radius 2 is 1.09 bits per heavy atom. The molecule has 0 rings (SSSR count). The van der Waals surface area contributed by atoms with Gasteiger partial charge in [0.25, 0.3) is 0 Å². The van der Waals surface area contributed by atoms with Crippen LogP contribution in [0.15, 0.2) is 12.2 Å². The number of aliphatic hydroxyl groups excluding tert-OH is 1. The zero-order chi connectivity index (χ0) is 34.7. The van der Waals surface area contributed by atoms with E-state index in [9.17, 15) is 19.4 Å². The van der Waals surface area contributed by atoms with E-state index in [1.54, 1.807) is 6.08 Å². The quantitative estimate of drug-likeness (QED) is 0.0290. The summed E-state index contributed by atoms with van der Waals surface area (Å²) in [6, 6.07) is -0.852. The predicted octanol–water partition coefficient (Wildman–Crippen LogP) is 10.4. The molecule has 8 nitrogen and oxygen atoms in total. The van der Waals surface area contributed by atoms with Crippen molar-refractivity contribution in [3.05, 3.63) is 12.2 Å². The van der Waals surface area contributed by atoms with Crippen LogP contribution in [0.25, 0.3) is 0 Å². The van der Waals surface area contributed by atoms with E-state index < -0.39 is 20.0 Å². The summed E-state index contributed by atoms with van der Waals surface area (Å²) in [4.78, 5) is 22.6. The van der Waals surface area contributed by atoms with E-state index >= 15 is 0 Å². The highest BCUT2D eigenvalue weighted by Gasteiger charge is 2.26. The van der Waals surface area contributed by atoms with Crippen molar-refractivity contribution in [3.8, 4) is 0 Å². The number of carbonyl (C=O) groups excluding carboxylic acids is 1. The van der Waals surface area contributed by atoms with Crippen LogP contribution in [0.2, 0.25) is 0 Å². The molecule has 0 bridgehead atoms. The zero-order valence-electron chi connectivity index (χ0n) is 30.8. The molecule has 0 aromatic rings. The Balaban J connectivity index is 4.27. The van der Waals surface area contributed by atoms with E-state index in [1.165, 1.54) is 135 Å². The molecular formula is C38H77N2O6P. The summed E-state index contributed by atoms with van der Waals surface area (Å²) in [6.07, 6.45) is 36.8. The Kier molecular flexibility index (Phi) is 34.5. The molecule has 5 N–H and O–H groups in total. The molecule has 0 aromatic carbocycles. The first-order valence-electron chi connectivity index (χ1n) is 19.8. The molecule has 0 spiro atoms. The maximum absolute atomic E-state index is 12.7. The van der Waals surface area contributed by atoms with Gasteiger partial charge in [0.2, 0.25) is 5.91 Å². The number of aliphatic hydroxyl groups is 1. The number of hydrogen-bond acceptors (Lipinski definition) is 6. The maximum atomic E-state index is 12.7. The van der Waals surface area contributed by atoms with Crippen molar-refractivity contribution >= 4 is 13.7 Å². The number of nitrogens with two attached hydrogens (primary N) is 1. The number of phosphoric ester groups is 1. The molecule has 0 saturated carbocycles. The third-order valence-corrected chi connectivity index (χ3v) is 9.85. The molecule has 0 aliphatic rings. The van der Waals surface area contributed by atoms with E-state index in [0.717, 1.165) is 38.5 Å². The number of unbranched alkanes of at least 4 members (excludes halogenated alkanes) is 25. The van der Waals surface area contributed by atoms with Crippen molar-refractivity contribution in [1.82, 2.24) is 5.32 Å². The fourth-order valence-corrected chi connectivity index (χ4v) is 6.60. The molecule has 3 atom stereocenters. The van der Waals surface area contributed by atoms with Crippen molar-refractivity contribution in [1.29, 1.82) is 0 Å². The highest BCUT2D eigenvalue weighted by Crippen LogP contribution is 2.43. The van der Waals surface area contributed by atoms with Gasteiger partial charge in [-0.15, -0.1) is 0 Å². The van der Waals surface area contributed by atoms with Crippen LogP contribution in [-0.4, -0.2) is 47.8 Å². The van der Waals surface area contributed by atoms with Crippen LogP contribution in [0.1, 0.15) is 194 Å². The number of nitrogens with one attached hydrogen (secondary N) is 1. The van der Waals surface area contributed by atoms with Gasteiger partial charge in [-0.05, 0) is 19.3 Å². The van der Waals surface area contributed by atoms with Crippen LogP contribution in [0.5, 0.6) is 0 Å². The lowest BCUT2D eigenvalue weighted by molar-refractivity contribution is -0.123. The molecule has 0 heterocycles. The minimum Gasteiger partial charge on any atom is -0.387 e. The zero-order valence-corrected chi connectivity index (χ0v) is 31.7. The Hall–Kier alpha value is -0.760. The van der Waals surface area contributed by atoms with Gasteiger partial charge in [-0.3, -0.25) is 13.8 Å². The summed E-state index contributed by atoms with van der Waals surface area (Å²) < 4.78 is 22.0. The molecule has 0 saturated heterocycles. The predicted molar refractivity (Wildman–Crippen MR) is 198 cm³/mol. The Labute approximate surface area is 290 Å². The Morgan fingerprint density at radius 3 is 1.51 bits per heavy atom. The Bertz CT molecular complexity index is 754. The van der Waals surface area contributed by atoms with Gasteiger partial charge in [0, 0.05) is 13.0 Å². The first kappa shape index (κ1) is 46.2. The summed E-state index contributed by atoms with van der Waals surface area (Å²) >= 11 is 0. The first-order valence-corrected chi connectivity index (χ1v) is 21.3. The molecule has 9 heteroatoms. The number of hydrogen-bond donors (Lipinski definition) is 4. The van der Waals surface area contributed by atoms with Crippen molar-refractivity contribution in [2.45, 2.75) is 206 Å². The molecule has 0 aromatic heterocycles. The van der Waals surface area contributed by atoms with Crippen molar-refractivity contribution < 1.29 is 28.4 Å². The fraction of sp³-hybridized carbons (Fsp3) is 0.921. The van der Waals surface area contributed by atoms with Gasteiger partial charge in [0.1, 0.15) is 0 Å². The van der Waals surface area contributed by atoms with Crippen LogP contribution in [0.4, 0.5) is 0 Å². The maximum Gasteiger partial charge on any atom is 0.472 e. The molecular weight excluding hydrogens is 611 g/mol. The second-order valence-electron chi connectivity index (χ2n) is 13.5. The van der Waals surface area contributed by atoms with E-state index in [0.29, 0.717) is 6.42 Å². The topological polar surface area (TPSA) is 131 Å². The summed E-state index contributed by atoms with van der Waals surface area (Å²) in [6.45, 7) is 4.13. The second kappa shape index (κ2) is 35.1. The van der Waals surface area contributed by atoms with Gasteiger partial charge in [-0.1, -0.05) is 180 Å². The van der Waals surface area contributed by atoms with Crippen LogP contribution in [-0.2, 0) is 18.4 Å². The smallest absolute Gasteiger partial charge is 0.387 e. The van der Waals surface area contributed by atoms with Gasteiger partial charge in [-0.25, -0.2) is 4.57 Å². The monoisotopic (exact) mass is 689 g/mol. The average Bonchev–Trinajstić information content (AvgIpc) is 3.05. The first-order chi connectivity index (χ1) is 22.9. The molecule has 0 radical (unpaired) electrons. The molecule has 0 aliphatic heterocycles. The number of rotatable bonds is 37. The van der Waals surface area contributed by atoms with Gasteiger partial charge in [0.05, 0.1) is 25.4 Å². The molecule has 0 aliphatic carbocycles. The highest BCUT2D eigenvalue weighted by atomic mass is 31.2. The summed E-state index contributed by atoms with van der Waals surface area (Å²) in [5.41, 5.74) is 5.36. The number of carbonyl (C=O) groups is 1. The van der Waals surface area contributed by atoms with Crippen molar-refractivity contribution in [3.63, 3.8) is 0 Å². The van der Waals surface area contributed by atoms with E-state index in [-0.39, 0.29) is 25.7 Å². The summed E-state index contributed by atoms with van der Waals surface area (Å²) in [5.74, 6) is -0.193. The lowest BCUT2D eigenvalue weighted by Gasteiger charge is -2.23. The van der Waals surface area contributed by atoms with E-state index in [1.807, 2.05) is 6.08 Å². The third kappa shape index (κ3) is 33.5. The molecule has 1 amide bonds. The molecule has 1 unspecified atom stereocenters. The SMILES string of the molecule is CCCCCCCCCCCCCC/C=C/[C@@H](O)[C@H](COP(=O)(O)OCCN)NC(=O)CCCCCCCCCCCCCCCC. The van der Waals surface area contributed by atoms with Crippen LogP contribution < -0.4 is 11.1 Å². The van der Waals surface area contributed by atoms with E-state index in [2.05, 4.69) is 19.2 Å². The van der Waals surface area contributed by atoms with Crippen LogP contribution in [0.3, 0.4) is 0 Å². The third-order valence-electron chi connectivity index (χ3n) is 8.86. The van der Waals surface area contributed by atoms with Gasteiger partial charge in [-0.2, -0.15) is 0 Å². The van der Waals surface area contributed by atoms with Crippen LogP contribution >= 0.6 is 7.82 Å². The second-order valence-corrected chi connectivity index (χ2v) is 15.0. The number of allylic oxidation sites excluding steroid dienone is 1. The highest BCUT2D eigenvalue weighted by molar-refractivity contribution is 7.47. The average molecular weight is 689 g/mol. The normalized spacial score (nSPS) is 14.4. The minimum absolute atomic E-state index is 0.0811. The Morgan fingerprint density at radius 1 is 0.681 bits per heavy atom. The number of amides is 1. The minimum atomic E-state index is -4.33. The summed E-state index contributed by atoms with van der Waals surface area (Å²) in [7, 11) is -4.33. The van der Waals surface area contributed by atoms with Gasteiger partial charge >= 0.3 is 7.82 Å². The van der Waals surface area contributed by atoms with Gasteiger partial charge in [0.15, 0.2) is 0 Å². The van der Waals surface area contributed by atoms with Crippen molar-refractivity contribution in [2.75, 3.05) is 19.8 Å². The molecule has 280 valence electrons. The lowest BCUT2D eigenvalue weighted by atomic mass is 10.0. The lowest BCUT2D eigenvalue weighted by Crippen LogP contribution is -2.45. The standard InChI is InChI=1S/C38H77N2O6P/c1-3-5-7-9-11-13-15-17-19-21-23-25-27-29-31-37(41)36(35-46-47(43,44)45-34-33-39)40-38(42)32-30-28-26-24-22-20-18-16-14-12-10-8-6-4-2/h29,31,36-37,41H,3-28,30,32-35,39H2,1-2H3,(H,40,42)(H,43,44)/b31-29+/t36-,37+/m0/s1. The summed E-state index contributed by atoms with van der Waals surface area (Å²) in [5, 5.41) is 13.6. The fourth-order valence-electron chi connectivity index (χ4n) is 5.84. The van der Waals surface area contributed by atoms with Crippen LogP contribution in [0, 0.1) is 0 Å². The largest absolute Gasteiger partial charge is 0.472 e.